The van der Waals surface area contributed by atoms with Crippen molar-refractivity contribution in [3.8, 4) is 0 Å². The Morgan fingerprint density at radius 3 is 3.06 bits per heavy atom. The third-order valence-corrected chi connectivity index (χ3v) is 3.64. The number of hydrogen-bond acceptors (Lipinski definition) is 4. The van der Waals surface area contributed by atoms with Gasteiger partial charge >= 0.3 is 0 Å². The fourth-order valence-electron chi connectivity index (χ4n) is 2.45. The third-order valence-electron chi connectivity index (χ3n) is 3.47. The van der Waals surface area contributed by atoms with Crippen LogP contribution in [0.4, 0.5) is 5.82 Å². The number of aromatic amines is 1. The van der Waals surface area contributed by atoms with Gasteiger partial charge in [-0.05, 0) is 30.4 Å². The topological polar surface area (TPSA) is 66.5 Å². The average molecular weight is 252 g/mol. The Labute approximate surface area is 104 Å². The first-order valence-corrected chi connectivity index (χ1v) is 6.25. The molecule has 3 rings (SSSR count). The molecule has 17 heavy (non-hydrogen) atoms. The molecule has 6 heteroatoms. The average Bonchev–Trinajstić information content (AvgIpc) is 2.88. The second kappa shape index (κ2) is 4.14. The van der Waals surface area contributed by atoms with Crippen molar-refractivity contribution in [2.45, 2.75) is 32.2 Å². The molecule has 0 saturated heterocycles. The molecule has 1 aliphatic rings. The van der Waals surface area contributed by atoms with E-state index in [9.17, 15) is 0 Å². The maximum Gasteiger partial charge on any atom is 0.226 e. The van der Waals surface area contributed by atoms with Gasteiger partial charge in [-0.2, -0.15) is 15.1 Å². The zero-order chi connectivity index (χ0) is 11.8. The van der Waals surface area contributed by atoms with Gasteiger partial charge in [0.25, 0.3) is 0 Å². The molecule has 2 heterocycles. The zero-order valence-electron chi connectivity index (χ0n) is 9.57. The predicted molar refractivity (Wildman–Crippen MR) is 67.1 cm³/mol. The Balaban J connectivity index is 1.96. The molecule has 0 bridgehead atoms. The van der Waals surface area contributed by atoms with E-state index in [1.165, 1.54) is 19.3 Å². The second-order valence-electron chi connectivity index (χ2n) is 4.63. The fourth-order valence-corrected chi connectivity index (χ4v) is 2.62. The summed E-state index contributed by atoms with van der Waals surface area (Å²) in [5, 5.41) is 11.4. The largest absolute Gasteiger partial charge is 0.366 e. The van der Waals surface area contributed by atoms with Crippen molar-refractivity contribution in [1.82, 2.24) is 20.2 Å². The van der Waals surface area contributed by atoms with Crippen LogP contribution in [0.1, 0.15) is 26.2 Å². The smallest absolute Gasteiger partial charge is 0.226 e. The number of rotatable bonds is 2. The quantitative estimate of drug-likeness (QED) is 0.806. The molecule has 0 radical (unpaired) electrons. The van der Waals surface area contributed by atoms with E-state index < -0.39 is 0 Å². The molecule has 1 fully saturated rings. The summed E-state index contributed by atoms with van der Waals surface area (Å²) < 4.78 is 0. The van der Waals surface area contributed by atoms with Crippen molar-refractivity contribution >= 4 is 28.5 Å². The number of aromatic nitrogens is 4. The Bertz CT molecular complexity index is 538. The van der Waals surface area contributed by atoms with Crippen LogP contribution in [0.2, 0.25) is 5.28 Å². The molecule has 5 nitrogen and oxygen atoms in total. The minimum atomic E-state index is 0.245. The molecule has 0 aromatic carbocycles. The molecule has 0 aliphatic heterocycles. The second-order valence-corrected chi connectivity index (χ2v) is 4.97. The highest BCUT2D eigenvalue weighted by atomic mass is 35.5. The lowest BCUT2D eigenvalue weighted by Crippen LogP contribution is -2.22. The fraction of sp³-hybridized carbons (Fsp3) is 0.545. The maximum absolute atomic E-state index is 5.89. The Hall–Kier alpha value is -1.36. The van der Waals surface area contributed by atoms with Crippen molar-refractivity contribution in [1.29, 1.82) is 0 Å². The molecule has 2 aromatic rings. The highest BCUT2D eigenvalue weighted by molar-refractivity contribution is 6.28. The van der Waals surface area contributed by atoms with Gasteiger partial charge in [0.2, 0.25) is 5.28 Å². The summed E-state index contributed by atoms with van der Waals surface area (Å²) in [6.45, 7) is 2.26. The third kappa shape index (κ3) is 1.95. The highest BCUT2D eigenvalue weighted by Gasteiger charge is 2.24. The van der Waals surface area contributed by atoms with Crippen LogP contribution in [0, 0.1) is 5.92 Å². The first-order chi connectivity index (χ1) is 8.24. The molecule has 0 amide bonds. The lowest BCUT2D eigenvalue weighted by atomic mass is 10.1. The zero-order valence-corrected chi connectivity index (χ0v) is 10.3. The van der Waals surface area contributed by atoms with Gasteiger partial charge in [-0.25, -0.2) is 0 Å². The number of hydrogen-bond donors (Lipinski definition) is 2. The number of anilines is 1. The number of nitrogens with zero attached hydrogens (tertiary/aromatic N) is 3. The van der Waals surface area contributed by atoms with E-state index in [0.717, 1.165) is 11.2 Å². The van der Waals surface area contributed by atoms with E-state index in [4.69, 9.17) is 11.6 Å². The number of nitrogens with one attached hydrogen (secondary N) is 2. The van der Waals surface area contributed by atoms with Crippen molar-refractivity contribution in [2.75, 3.05) is 5.32 Å². The summed E-state index contributed by atoms with van der Waals surface area (Å²) in [5.41, 5.74) is 0.679. The minimum Gasteiger partial charge on any atom is -0.366 e. The van der Waals surface area contributed by atoms with Gasteiger partial charge in [-0.15, -0.1) is 0 Å². The summed E-state index contributed by atoms with van der Waals surface area (Å²) in [5.74, 6) is 1.46. The molecule has 2 aromatic heterocycles. The molecule has 2 atom stereocenters. The van der Waals surface area contributed by atoms with Gasteiger partial charge in [-0.1, -0.05) is 13.3 Å². The molecular formula is C11H14ClN5. The van der Waals surface area contributed by atoms with Crippen LogP contribution in [-0.4, -0.2) is 26.2 Å². The number of fused-ring (bicyclic) bond motifs is 1. The lowest BCUT2D eigenvalue weighted by Gasteiger charge is -2.18. The summed E-state index contributed by atoms with van der Waals surface area (Å²) in [7, 11) is 0. The van der Waals surface area contributed by atoms with Crippen LogP contribution in [0.5, 0.6) is 0 Å². The Morgan fingerprint density at radius 2 is 2.29 bits per heavy atom. The molecule has 0 spiro atoms. The summed E-state index contributed by atoms with van der Waals surface area (Å²) in [6, 6.07) is 0.471. The number of H-pyrrole nitrogens is 1. The maximum atomic E-state index is 5.89. The molecule has 2 unspecified atom stereocenters. The summed E-state index contributed by atoms with van der Waals surface area (Å²) in [4.78, 5) is 8.34. The van der Waals surface area contributed by atoms with Crippen molar-refractivity contribution < 1.29 is 0 Å². The van der Waals surface area contributed by atoms with Crippen LogP contribution >= 0.6 is 11.6 Å². The standard InChI is InChI=1S/C11H14ClN5/c1-6-3-2-4-8(6)14-9-7-5-13-17-10(7)16-11(12)15-9/h5-6,8H,2-4H2,1H3,(H2,13,14,15,16,17). The highest BCUT2D eigenvalue weighted by Crippen LogP contribution is 2.29. The van der Waals surface area contributed by atoms with Crippen LogP contribution in [0.3, 0.4) is 0 Å². The first-order valence-electron chi connectivity index (χ1n) is 5.87. The molecule has 1 saturated carbocycles. The van der Waals surface area contributed by atoms with Crippen LogP contribution in [-0.2, 0) is 0 Å². The minimum absolute atomic E-state index is 0.245. The number of halogens is 1. The Kier molecular flexibility index (Phi) is 2.63. The molecule has 2 N–H and O–H groups in total. The monoisotopic (exact) mass is 251 g/mol. The van der Waals surface area contributed by atoms with E-state index in [2.05, 4.69) is 32.4 Å². The Morgan fingerprint density at radius 1 is 1.41 bits per heavy atom. The van der Waals surface area contributed by atoms with Crippen molar-refractivity contribution in [3.05, 3.63) is 11.5 Å². The van der Waals surface area contributed by atoms with E-state index in [1.807, 2.05) is 0 Å². The van der Waals surface area contributed by atoms with Gasteiger partial charge < -0.3 is 5.32 Å². The van der Waals surface area contributed by atoms with E-state index >= 15 is 0 Å². The van der Waals surface area contributed by atoms with E-state index in [1.54, 1.807) is 6.20 Å². The van der Waals surface area contributed by atoms with Gasteiger partial charge in [0, 0.05) is 6.04 Å². The van der Waals surface area contributed by atoms with Gasteiger partial charge in [0.1, 0.15) is 5.82 Å². The molecule has 90 valence electrons. The lowest BCUT2D eigenvalue weighted by molar-refractivity contribution is 0.555. The van der Waals surface area contributed by atoms with Gasteiger partial charge in [-0.3, -0.25) is 5.10 Å². The van der Waals surface area contributed by atoms with Crippen molar-refractivity contribution in [3.63, 3.8) is 0 Å². The molecular weight excluding hydrogens is 238 g/mol. The van der Waals surface area contributed by atoms with Gasteiger partial charge in [0.15, 0.2) is 5.65 Å². The molecule has 1 aliphatic carbocycles. The van der Waals surface area contributed by atoms with Crippen LogP contribution in [0.15, 0.2) is 6.20 Å². The van der Waals surface area contributed by atoms with Crippen molar-refractivity contribution in [2.24, 2.45) is 5.92 Å². The predicted octanol–water partition coefficient (Wildman–Crippen LogP) is 2.61. The first kappa shape index (κ1) is 10.8. The summed E-state index contributed by atoms with van der Waals surface area (Å²) in [6.07, 6.45) is 5.45. The summed E-state index contributed by atoms with van der Waals surface area (Å²) >= 11 is 5.89. The normalized spacial score (nSPS) is 24.4. The van der Waals surface area contributed by atoms with Crippen LogP contribution < -0.4 is 5.32 Å². The van der Waals surface area contributed by atoms with Crippen LogP contribution in [0.25, 0.3) is 11.0 Å². The van der Waals surface area contributed by atoms with E-state index in [-0.39, 0.29) is 5.28 Å². The SMILES string of the molecule is CC1CCCC1Nc1nc(Cl)nc2[nH]ncc12. The van der Waals surface area contributed by atoms with Gasteiger partial charge in [0.05, 0.1) is 11.6 Å². The van der Waals surface area contributed by atoms with E-state index in [0.29, 0.717) is 17.6 Å².